The second-order valence-electron chi connectivity index (χ2n) is 3.01. The number of hydrogen-bond donors (Lipinski definition) is 0. The third-order valence-corrected chi connectivity index (χ3v) is 1.98. The van der Waals surface area contributed by atoms with E-state index in [4.69, 9.17) is 0 Å². The Hall–Kier alpha value is -1.30. The molecule has 11 heavy (non-hydrogen) atoms. The second-order valence-corrected chi connectivity index (χ2v) is 3.01. The molecular weight excluding hydrogens is 132 g/mol. The Balaban J connectivity index is 2.77. The van der Waals surface area contributed by atoms with Crippen LogP contribution in [0.3, 0.4) is 0 Å². The summed E-state index contributed by atoms with van der Waals surface area (Å²) in [5.41, 5.74) is 2.56. The third kappa shape index (κ3) is 1.01. The first-order valence-electron chi connectivity index (χ1n) is 3.73. The van der Waals surface area contributed by atoms with Crippen molar-refractivity contribution in [2.75, 3.05) is 0 Å². The topological polar surface area (TPSA) is 0 Å². The highest BCUT2D eigenvalue weighted by Crippen LogP contribution is 2.07. The Kier molecular flexibility index (Phi) is 1.22. The molecule has 0 atom stereocenters. The highest BCUT2D eigenvalue weighted by molar-refractivity contribution is 5.54. The predicted molar refractivity (Wildman–Crippen MR) is 48.5 cm³/mol. The Morgan fingerprint density at radius 3 is 2.82 bits per heavy atom. The molecule has 1 aliphatic carbocycles. The Labute approximate surface area is 66.2 Å². The summed E-state index contributed by atoms with van der Waals surface area (Å²) in [5, 5.41) is 2.40. The van der Waals surface area contributed by atoms with E-state index >= 15 is 0 Å². The highest BCUT2D eigenvalue weighted by Gasteiger charge is 2.03. The van der Waals surface area contributed by atoms with Crippen LogP contribution in [0, 0.1) is 0 Å². The van der Waals surface area contributed by atoms with Gasteiger partial charge in [-0.1, -0.05) is 43.0 Å². The Morgan fingerprint density at radius 1 is 1.18 bits per heavy atom. The van der Waals surface area contributed by atoms with E-state index < -0.39 is 0 Å². The minimum absolute atomic E-state index is 0.999. The van der Waals surface area contributed by atoms with Crippen molar-refractivity contribution in [1.29, 1.82) is 0 Å². The lowest BCUT2D eigenvalue weighted by atomic mass is 10.1. The molecule has 0 nitrogen and oxygen atoms in total. The van der Waals surface area contributed by atoms with Crippen LogP contribution in [-0.2, 0) is 6.42 Å². The van der Waals surface area contributed by atoms with Gasteiger partial charge in [0.1, 0.15) is 0 Å². The zero-order valence-electron chi connectivity index (χ0n) is 6.43. The summed E-state index contributed by atoms with van der Waals surface area (Å²) in [4.78, 5) is 0. The molecule has 0 unspecified atom stereocenters. The van der Waals surface area contributed by atoms with Crippen molar-refractivity contribution in [1.82, 2.24) is 0 Å². The summed E-state index contributed by atoms with van der Waals surface area (Å²) >= 11 is 0. The third-order valence-electron chi connectivity index (χ3n) is 1.98. The number of fused-ring (bicyclic) bond motifs is 1. The molecule has 0 saturated carbocycles. The molecule has 0 radical (unpaired) electrons. The van der Waals surface area contributed by atoms with Gasteiger partial charge in [-0.2, -0.15) is 0 Å². The molecule has 0 fully saturated rings. The highest BCUT2D eigenvalue weighted by atomic mass is 14.1. The molecule has 0 N–H and O–H groups in total. The SMILES string of the molecule is C=C1C=c2ccc(=C)cc2C1. The van der Waals surface area contributed by atoms with Gasteiger partial charge >= 0.3 is 0 Å². The molecule has 1 aliphatic rings. The van der Waals surface area contributed by atoms with Crippen molar-refractivity contribution < 1.29 is 0 Å². The van der Waals surface area contributed by atoms with Crippen LogP contribution < -0.4 is 10.4 Å². The zero-order chi connectivity index (χ0) is 7.84. The smallest absolute Gasteiger partial charge is 0.00253 e. The molecule has 0 saturated heterocycles. The van der Waals surface area contributed by atoms with E-state index in [1.807, 2.05) is 6.07 Å². The predicted octanol–water partition coefficient (Wildman–Crippen LogP) is 0.990. The lowest BCUT2D eigenvalue weighted by Crippen LogP contribution is -2.09. The first-order chi connectivity index (χ1) is 5.25. The van der Waals surface area contributed by atoms with Gasteiger partial charge < -0.3 is 0 Å². The van der Waals surface area contributed by atoms with Crippen LogP contribution in [0.4, 0.5) is 0 Å². The largest absolute Gasteiger partial charge is 0.0955 e. The van der Waals surface area contributed by atoms with Gasteiger partial charge in [0.2, 0.25) is 0 Å². The minimum Gasteiger partial charge on any atom is -0.0955 e. The summed E-state index contributed by atoms with van der Waals surface area (Å²) in [6.45, 7) is 7.80. The van der Waals surface area contributed by atoms with Crippen LogP contribution in [0.1, 0.15) is 5.56 Å². The lowest BCUT2D eigenvalue weighted by molar-refractivity contribution is 1.25. The van der Waals surface area contributed by atoms with E-state index in [1.54, 1.807) is 0 Å². The van der Waals surface area contributed by atoms with E-state index in [0.29, 0.717) is 0 Å². The molecule has 1 aromatic rings. The number of hydrogen-bond acceptors (Lipinski definition) is 0. The Bertz CT molecular complexity index is 410. The summed E-state index contributed by atoms with van der Waals surface area (Å²) in [5.74, 6) is 0. The monoisotopic (exact) mass is 142 g/mol. The van der Waals surface area contributed by atoms with Crippen LogP contribution in [-0.4, -0.2) is 0 Å². The number of rotatable bonds is 0. The molecule has 54 valence electrons. The van der Waals surface area contributed by atoms with Gasteiger partial charge in [0.05, 0.1) is 0 Å². The molecule has 0 spiro atoms. The van der Waals surface area contributed by atoms with Crippen molar-refractivity contribution in [3.05, 3.63) is 46.4 Å². The maximum absolute atomic E-state index is 3.92. The molecule has 0 aliphatic heterocycles. The van der Waals surface area contributed by atoms with E-state index in [9.17, 15) is 0 Å². The first-order valence-corrected chi connectivity index (χ1v) is 3.73. The van der Waals surface area contributed by atoms with Crippen LogP contribution in [0.15, 0.2) is 30.4 Å². The van der Waals surface area contributed by atoms with Crippen LogP contribution in [0.25, 0.3) is 12.7 Å². The van der Waals surface area contributed by atoms with Crippen LogP contribution in [0.2, 0.25) is 0 Å². The molecule has 0 bridgehead atoms. The van der Waals surface area contributed by atoms with Gasteiger partial charge in [-0.05, 0) is 22.4 Å². The Morgan fingerprint density at radius 2 is 2.00 bits per heavy atom. The summed E-state index contributed by atoms with van der Waals surface area (Å²) < 4.78 is 0. The summed E-state index contributed by atoms with van der Waals surface area (Å²) in [6, 6.07) is 6.27. The fourth-order valence-corrected chi connectivity index (χ4v) is 1.47. The first kappa shape index (κ1) is 6.41. The van der Waals surface area contributed by atoms with Crippen molar-refractivity contribution in [2.24, 2.45) is 0 Å². The fraction of sp³-hybridized carbons (Fsp3) is 0.0909. The molecule has 2 rings (SSSR count). The quantitative estimate of drug-likeness (QED) is 0.506. The van der Waals surface area contributed by atoms with Crippen molar-refractivity contribution in [3.8, 4) is 0 Å². The minimum atomic E-state index is 0.999. The van der Waals surface area contributed by atoms with Gasteiger partial charge in [-0.3, -0.25) is 0 Å². The number of benzene rings is 1. The number of allylic oxidation sites excluding steroid dienone is 1. The standard InChI is InChI=1S/C11H10/c1-8-3-4-10-6-9(2)7-11(10)5-8/h3-6H,1-2,7H2. The van der Waals surface area contributed by atoms with Gasteiger partial charge in [-0.15, -0.1) is 0 Å². The maximum atomic E-state index is 3.92. The van der Waals surface area contributed by atoms with Crippen LogP contribution in [0.5, 0.6) is 0 Å². The molecular formula is C11H10. The lowest BCUT2D eigenvalue weighted by Gasteiger charge is -1.91. The van der Waals surface area contributed by atoms with E-state index in [0.717, 1.165) is 11.6 Å². The van der Waals surface area contributed by atoms with Gasteiger partial charge in [0, 0.05) is 0 Å². The van der Waals surface area contributed by atoms with Gasteiger partial charge in [-0.25, -0.2) is 0 Å². The van der Waals surface area contributed by atoms with Crippen LogP contribution >= 0.6 is 0 Å². The average Bonchev–Trinajstić information content (AvgIpc) is 2.27. The second kappa shape index (κ2) is 2.09. The molecule has 0 amide bonds. The van der Waals surface area contributed by atoms with Gasteiger partial charge in [0.25, 0.3) is 0 Å². The maximum Gasteiger partial charge on any atom is -0.00253 e. The van der Waals surface area contributed by atoms with Crippen molar-refractivity contribution in [2.45, 2.75) is 6.42 Å². The van der Waals surface area contributed by atoms with Gasteiger partial charge in [0.15, 0.2) is 0 Å². The fourth-order valence-electron chi connectivity index (χ4n) is 1.47. The summed E-state index contributed by atoms with van der Waals surface area (Å²) in [6.07, 6.45) is 3.13. The van der Waals surface area contributed by atoms with Crippen molar-refractivity contribution in [3.63, 3.8) is 0 Å². The van der Waals surface area contributed by atoms with Crippen molar-refractivity contribution >= 4 is 12.7 Å². The molecule has 1 aromatic carbocycles. The molecule has 0 heteroatoms. The summed E-state index contributed by atoms with van der Waals surface area (Å²) in [7, 11) is 0. The van der Waals surface area contributed by atoms with E-state index in [1.165, 1.54) is 16.4 Å². The molecule has 0 aromatic heterocycles. The van der Waals surface area contributed by atoms with E-state index in [-0.39, 0.29) is 0 Å². The average molecular weight is 142 g/mol. The normalized spacial score (nSPS) is 14.4. The molecule has 0 heterocycles. The zero-order valence-corrected chi connectivity index (χ0v) is 6.43. The van der Waals surface area contributed by atoms with E-state index in [2.05, 4.69) is 31.4 Å².